The molecule has 1 N–H and O–H groups in total. The van der Waals surface area contributed by atoms with E-state index >= 15 is 0 Å². The minimum atomic E-state index is -0.544. The Kier molecular flexibility index (Phi) is 4.23. The van der Waals surface area contributed by atoms with Crippen molar-refractivity contribution < 1.29 is 18.7 Å². The Labute approximate surface area is 167 Å². The third-order valence-corrected chi connectivity index (χ3v) is 5.32. The number of carbonyl (C=O) groups excluding carboxylic acids is 1. The highest BCUT2D eigenvalue weighted by molar-refractivity contribution is 6.03. The summed E-state index contributed by atoms with van der Waals surface area (Å²) in [6.07, 6.45) is 6.81. The van der Waals surface area contributed by atoms with Crippen molar-refractivity contribution in [3.8, 4) is 17.2 Å². The van der Waals surface area contributed by atoms with E-state index < -0.39 is 5.79 Å². The maximum Gasteiger partial charge on any atom is 0.276 e. The zero-order chi connectivity index (χ0) is 19.8. The third-order valence-electron chi connectivity index (χ3n) is 5.32. The molecule has 1 spiro atoms. The lowest BCUT2D eigenvalue weighted by atomic mass is 9.94. The van der Waals surface area contributed by atoms with Gasteiger partial charge in [-0.1, -0.05) is 6.42 Å². The second-order valence-electron chi connectivity index (χ2n) is 7.41. The predicted molar refractivity (Wildman–Crippen MR) is 105 cm³/mol. The number of nitrogens with zero attached hydrogens (tertiary/aromatic N) is 2. The lowest BCUT2D eigenvalue weighted by molar-refractivity contribution is -0.105. The average Bonchev–Trinajstić information content (AvgIpc) is 3.34. The van der Waals surface area contributed by atoms with Crippen LogP contribution in [-0.2, 0) is 0 Å². The highest BCUT2D eigenvalue weighted by Gasteiger charge is 2.42. The quantitative estimate of drug-likeness (QED) is 0.701. The largest absolute Gasteiger partial charge is 0.448 e. The number of halogens is 1. The monoisotopic (exact) mass is 393 g/mol. The number of ether oxygens (including phenoxy) is 2. The van der Waals surface area contributed by atoms with Crippen LogP contribution in [0.4, 0.5) is 10.1 Å². The molecule has 0 unspecified atom stereocenters. The normalized spacial score (nSPS) is 16.7. The first-order valence-corrected chi connectivity index (χ1v) is 9.75. The molecule has 0 radical (unpaired) electrons. The summed E-state index contributed by atoms with van der Waals surface area (Å²) in [5.41, 5.74) is 1.54. The summed E-state index contributed by atoms with van der Waals surface area (Å²) in [5.74, 6) is 0.165. The molecule has 2 heterocycles. The van der Waals surface area contributed by atoms with Crippen molar-refractivity contribution in [2.24, 2.45) is 0 Å². The second-order valence-corrected chi connectivity index (χ2v) is 7.41. The van der Waals surface area contributed by atoms with Crippen molar-refractivity contribution in [2.45, 2.75) is 37.9 Å². The molecule has 2 aliphatic rings. The Bertz CT molecular complexity index is 1060. The minimum absolute atomic E-state index is 0.260. The number of aromatic nitrogens is 2. The van der Waals surface area contributed by atoms with Crippen LogP contribution in [0.1, 0.15) is 42.6 Å². The molecule has 0 bridgehead atoms. The highest BCUT2D eigenvalue weighted by Crippen LogP contribution is 2.46. The molecule has 0 saturated heterocycles. The SMILES string of the molecule is O=C(Nc1ccc2c(c1)OC1(CCCCC1)O2)c1ccn(-c2ccc(F)cc2)n1. The van der Waals surface area contributed by atoms with Crippen LogP contribution in [0.2, 0.25) is 0 Å². The van der Waals surface area contributed by atoms with Gasteiger partial charge in [-0.25, -0.2) is 9.07 Å². The van der Waals surface area contributed by atoms with Crippen LogP contribution in [0.3, 0.4) is 0 Å². The summed E-state index contributed by atoms with van der Waals surface area (Å²) < 4.78 is 26.8. The molecule has 0 atom stereocenters. The first-order valence-electron chi connectivity index (χ1n) is 9.75. The van der Waals surface area contributed by atoms with E-state index in [2.05, 4.69) is 10.4 Å². The van der Waals surface area contributed by atoms with E-state index in [0.29, 0.717) is 22.9 Å². The molecule has 6 nitrogen and oxygen atoms in total. The molecule has 1 aromatic heterocycles. The third kappa shape index (κ3) is 3.44. The molecule has 2 aromatic carbocycles. The Morgan fingerprint density at radius 3 is 2.55 bits per heavy atom. The van der Waals surface area contributed by atoms with Gasteiger partial charge < -0.3 is 14.8 Å². The number of carbonyl (C=O) groups is 1. The molecule has 1 amide bonds. The molecular formula is C22H20FN3O3. The summed E-state index contributed by atoms with van der Waals surface area (Å²) in [7, 11) is 0. The minimum Gasteiger partial charge on any atom is -0.448 e. The van der Waals surface area contributed by atoms with Crippen molar-refractivity contribution in [1.29, 1.82) is 0 Å². The van der Waals surface area contributed by atoms with Crippen LogP contribution in [0, 0.1) is 5.82 Å². The second kappa shape index (κ2) is 6.92. The van der Waals surface area contributed by atoms with E-state index in [-0.39, 0.29) is 17.4 Å². The van der Waals surface area contributed by atoms with Gasteiger partial charge in [0, 0.05) is 30.8 Å². The summed E-state index contributed by atoms with van der Waals surface area (Å²) in [6.45, 7) is 0. The highest BCUT2D eigenvalue weighted by atomic mass is 19.1. The van der Waals surface area contributed by atoms with Crippen LogP contribution < -0.4 is 14.8 Å². The molecule has 1 fully saturated rings. The van der Waals surface area contributed by atoms with E-state index in [1.54, 1.807) is 36.5 Å². The van der Waals surface area contributed by atoms with E-state index in [1.807, 2.05) is 6.07 Å². The first-order chi connectivity index (χ1) is 14.1. The summed E-state index contributed by atoms with van der Waals surface area (Å²) in [6, 6.07) is 12.9. The number of fused-ring (bicyclic) bond motifs is 1. The van der Waals surface area contributed by atoms with Crippen LogP contribution in [0.25, 0.3) is 5.69 Å². The molecule has 7 heteroatoms. The van der Waals surface area contributed by atoms with Gasteiger partial charge in [0.1, 0.15) is 5.82 Å². The fourth-order valence-electron chi connectivity index (χ4n) is 3.84. The van der Waals surface area contributed by atoms with Gasteiger partial charge in [-0.05, 0) is 55.3 Å². The van der Waals surface area contributed by atoms with Crippen molar-refractivity contribution in [2.75, 3.05) is 5.32 Å². The molecule has 1 saturated carbocycles. The molecular weight excluding hydrogens is 373 g/mol. The zero-order valence-electron chi connectivity index (χ0n) is 15.7. The molecule has 1 aliphatic heterocycles. The lowest BCUT2D eigenvalue weighted by Crippen LogP contribution is -2.40. The van der Waals surface area contributed by atoms with Crippen LogP contribution in [0.15, 0.2) is 54.7 Å². The van der Waals surface area contributed by atoms with Gasteiger partial charge in [-0.3, -0.25) is 4.79 Å². The van der Waals surface area contributed by atoms with E-state index in [1.165, 1.54) is 23.2 Å². The van der Waals surface area contributed by atoms with Gasteiger partial charge in [0.15, 0.2) is 17.2 Å². The fraction of sp³-hybridized carbons (Fsp3) is 0.273. The van der Waals surface area contributed by atoms with Gasteiger partial charge >= 0.3 is 0 Å². The molecule has 3 aromatic rings. The van der Waals surface area contributed by atoms with Crippen molar-refractivity contribution in [3.05, 3.63) is 66.2 Å². The maximum atomic E-state index is 13.1. The van der Waals surface area contributed by atoms with E-state index in [9.17, 15) is 9.18 Å². The Morgan fingerprint density at radius 1 is 1.00 bits per heavy atom. The molecule has 1 aliphatic carbocycles. The topological polar surface area (TPSA) is 65.4 Å². The van der Waals surface area contributed by atoms with Gasteiger partial charge in [0.25, 0.3) is 11.7 Å². The van der Waals surface area contributed by atoms with Crippen LogP contribution in [-0.4, -0.2) is 21.5 Å². The first kappa shape index (κ1) is 17.7. The van der Waals surface area contributed by atoms with Crippen LogP contribution >= 0.6 is 0 Å². The summed E-state index contributed by atoms with van der Waals surface area (Å²) >= 11 is 0. The number of hydrogen-bond acceptors (Lipinski definition) is 4. The molecule has 5 rings (SSSR count). The molecule has 29 heavy (non-hydrogen) atoms. The maximum absolute atomic E-state index is 13.1. The van der Waals surface area contributed by atoms with Gasteiger partial charge in [-0.2, -0.15) is 5.10 Å². The van der Waals surface area contributed by atoms with E-state index in [0.717, 1.165) is 25.7 Å². The van der Waals surface area contributed by atoms with Gasteiger partial charge in [-0.15, -0.1) is 0 Å². The zero-order valence-corrected chi connectivity index (χ0v) is 15.7. The number of rotatable bonds is 3. The van der Waals surface area contributed by atoms with Crippen molar-refractivity contribution in [3.63, 3.8) is 0 Å². The Balaban J connectivity index is 1.30. The van der Waals surface area contributed by atoms with Crippen LogP contribution in [0.5, 0.6) is 11.5 Å². The standard InChI is InChI=1S/C22H20FN3O3/c23-15-4-7-17(8-5-15)26-13-10-18(25-26)21(27)24-16-6-9-19-20(14-16)29-22(28-19)11-2-1-3-12-22/h4-10,13-14H,1-3,11-12H2,(H,24,27). The average molecular weight is 393 g/mol. The van der Waals surface area contributed by atoms with Crippen molar-refractivity contribution >= 4 is 11.6 Å². The number of amides is 1. The number of nitrogens with one attached hydrogen (secondary N) is 1. The van der Waals surface area contributed by atoms with Gasteiger partial charge in [0.2, 0.25) is 0 Å². The number of benzene rings is 2. The van der Waals surface area contributed by atoms with E-state index in [4.69, 9.17) is 9.47 Å². The summed E-state index contributed by atoms with van der Waals surface area (Å²) in [4.78, 5) is 12.6. The van der Waals surface area contributed by atoms with Gasteiger partial charge in [0.05, 0.1) is 5.69 Å². The summed E-state index contributed by atoms with van der Waals surface area (Å²) in [5, 5.41) is 7.12. The molecule has 148 valence electrons. The lowest BCUT2D eigenvalue weighted by Gasteiger charge is -2.31. The predicted octanol–water partition coefficient (Wildman–Crippen LogP) is 4.70. The van der Waals surface area contributed by atoms with Crippen molar-refractivity contribution in [1.82, 2.24) is 9.78 Å². The Hall–Kier alpha value is -3.35. The Morgan fingerprint density at radius 2 is 1.76 bits per heavy atom. The number of anilines is 1. The fourth-order valence-corrected chi connectivity index (χ4v) is 3.84. The smallest absolute Gasteiger partial charge is 0.276 e. The number of hydrogen-bond donors (Lipinski definition) is 1.